The van der Waals surface area contributed by atoms with E-state index in [0.717, 1.165) is 4.34 Å². The average molecular weight is 285 g/mol. The third-order valence-corrected chi connectivity index (χ3v) is 4.07. The van der Waals surface area contributed by atoms with Crippen molar-refractivity contribution < 1.29 is 13.9 Å². The highest BCUT2D eigenvalue weighted by Crippen LogP contribution is 2.37. The van der Waals surface area contributed by atoms with Crippen molar-refractivity contribution in [2.24, 2.45) is 0 Å². The summed E-state index contributed by atoms with van der Waals surface area (Å²) in [4.78, 5) is 11.3. The largest absolute Gasteiger partial charge is 0.463 e. The molecule has 6 nitrogen and oxygen atoms in total. The van der Waals surface area contributed by atoms with E-state index < -0.39 is 5.97 Å². The molecule has 8 heteroatoms. The number of thioether (sulfide) groups is 1. The lowest BCUT2D eigenvalue weighted by atomic mass is 10.3. The third-order valence-electron chi connectivity index (χ3n) is 2.11. The molecule has 0 saturated heterocycles. The van der Waals surface area contributed by atoms with Gasteiger partial charge in [0.25, 0.3) is 0 Å². The molecule has 0 spiro atoms. The first kappa shape index (κ1) is 12.9. The summed E-state index contributed by atoms with van der Waals surface area (Å²) in [5.41, 5.74) is 5.50. The fourth-order valence-corrected chi connectivity index (χ4v) is 3.12. The van der Waals surface area contributed by atoms with Gasteiger partial charge in [0.15, 0.2) is 4.34 Å². The molecule has 0 fully saturated rings. The van der Waals surface area contributed by atoms with E-state index in [-0.39, 0.29) is 11.0 Å². The van der Waals surface area contributed by atoms with E-state index in [1.54, 1.807) is 12.1 Å². The topological polar surface area (TPSA) is 91.2 Å². The van der Waals surface area contributed by atoms with E-state index in [1.165, 1.54) is 30.2 Å². The van der Waals surface area contributed by atoms with Gasteiger partial charge in [0.2, 0.25) is 10.9 Å². The molecular weight excluding hydrogens is 274 g/mol. The second-order valence-electron chi connectivity index (χ2n) is 3.36. The Labute approximate surface area is 112 Å². The fourth-order valence-electron chi connectivity index (χ4n) is 1.26. The molecule has 2 aromatic rings. The molecule has 0 aliphatic carbocycles. The Morgan fingerprint density at radius 1 is 1.56 bits per heavy atom. The lowest BCUT2D eigenvalue weighted by Gasteiger charge is -2.04. The third kappa shape index (κ3) is 2.82. The highest BCUT2D eigenvalue weighted by Gasteiger charge is 2.17. The summed E-state index contributed by atoms with van der Waals surface area (Å²) in [6.07, 6.45) is 0. The normalized spacial score (nSPS) is 12.3. The molecule has 0 aliphatic rings. The van der Waals surface area contributed by atoms with Crippen LogP contribution in [0.15, 0.2) is 20.9 Å². The number of nitrogen functional groups attached to an aromatic ring is 1. The van der Waals surface area contributed by atoms with Gasteiger partial charge in [-0.05, 0) is 19.1 Å². The van der Waals surface area contributed by atoms with Crippen molar-refractivity contribution in [1.82, 2.24) is 10.2 Å². The van der Waals surface area contributed by atoms with Gasteiger partial charge in [-0.25, -0.2) is 4.79 Å². The van der Waals surface area contributed by atoms with Gasteiger partial charge in [0.05, 0.1) is 12.4 Å². The second kappa shape index (κ2) is 5.40. The molecule has 2 rings (SSSR count). The Bertz CT molecular complexity index is 552. The second-order valence-corrected chi connectivity index (χ2v) is 5.96. The maximum absolute atomic E-state index is 11.3. The van der Waals surface area contributed by atoms with Crippen molar-refractivity contribution in [2.75, 3.05) is 12.8 Å². The number of furan rings is 1. The zero-order chi connectivity index (χ0) is 13.1. The predicted molar refractivity (Wildman–Crippen MR) is 68.6 cm³/mol. The van der Waals surface area contributed by atoms with E-state index in [9.17, 15) is 4.79 Å². The minimum atomic E-state index is -0.487. The predicted octanol–water partition coefficient (Wildman–Crippen LogP) is 2.35. The molecule has 0 saturated carbocycles. The van der Waals surface area contributed by atoms with Gasteiger partial charge in [-0.1, -0.05) is 23.1 Å². The minimum Gasteiger partial charge on any atom is -0.463 e. The van der Waals surface area contributed by atoms with E-state index in [2.05, 4.69) is 14.9 Å². The Morgan fingerprint density at radius 2 is 2.33 bits per heavy atom. The average Bonchev–Trinajstić information content (AvgIpc) is 2.97. The van der Waals surface area contributed by atoms with Crippen molar-refractivity contribution >= 4 is 34.2 Å². The molecular formula is C10H11N3O3S2. The van der Waals surface area contributed by atoms with Crippen LogP contribution in [-0.2, 0) is 4.74 Å². The smallest absolute Gasteiger partial charge is 0.373 e. The Balaban J connectivity index is 2.07. The molecule has 0 aromatic carbocycles. The highest BCUT2D eigenvalue weighted by molar-refractivity contribution is 8.01. The molecule has 0 aliphatic heterocycles. The van der Waals surface area contributed by atoms with Crippen LogP contribution in [0, 0.1) is 0 Å². The number of nitrogens with two attached hydrogens (primary N) is 1. The first-order valence-corrected chi connectivity index (χ1v) is 6.73. The number of hydrogen-bond acceptors (Lipinski definition) is 8. The monoisotopic (exact) mass is 285 g/mol. The maximum atomic E-state index is 11.3. The van der Waals surface area contributed by atoms with E-state index in [4.69, 9.17) is 10.2 Å². The maximum Gasteiger partial charge on any atom is 0.373 e. The van der Waals surface area contributed by atoms with E-state index in [1.807, 2.05) is 6.92 Å². The molecule has 2 aromatic heterocycles. The number of ether oxygens (including phenoxy) is 1. The Morgan fingerprint density at radius 3 is 2.94 bits per heavy atom. The zero-order valence-corrected chi connectivity index (χ0v) is 11.4. The van der Waals surface area contributed by atoms with Gasteiger partial charge in [-0.2, -0.15) is 0 Å². The Kier molecular flexibility index (Phi) is 3.87. The highest BCUT2D eigenvalue weighted by atomic mass is 32.2. The van der Waals surface area contributed by atoms with Crippen molar-refractivity contribution in [3.63, 3.8) is 0 Å². The number of esters is 1. The SMILES string of the molecule is COC(=O)c1ccc(C(C)Sc2nnc(N)s2)o1. The summed E-state index contributed by atoms with van der Waals surface area (Å²) >= 11 is 2.78. The molecule has 2 heterocycles. The fraction of sp³-hybridized carbons (Fsp3) is 0.300. The summed E-state index contributed by atoms with van der Waals surface area (Å²) in [6.45, 7) is 1.95. The minimum absolute atomic E-state index is 0.00996. The molecule has 0 radical (unpaired) electrons. The van der Waals surface area contributed by atoms with Crippen molar-refractivity contribution in [3.8, 4) is 0 Å². The van der Waals surface area contributed by atoms with Crippen LogP contribution in [0.1, 0.15) is 28.5 Å². The molecule has 2 N–H and O–H groups in total. The number of anilines is 1. The quantitative estimate of drug-likeness (QED) is 0.681. The van der Waals surface area contributed by atoms with Crippen LogP contribution in [-0.4, -0.2) is 23.3 Å². The van der Waals surface area contributed by atoms with Gasteiger partial charge >= 0.3 is 5.97 Å². The van der Waals surface area contributed by atoms with E-state index >= 15 is 0 Å². The number of methoxy groups -OCH3 is 1. The van der Waals surface area contributed by atoms with Crippen molar-refractivity contribution in [3.05, 3.63) is 23.7 Å². The summed E-state index contributed by atoms with van der Waals surface area (Å²) in [6, 6.07) is 3.33. The molecule has 0 amide bonds. The van der Waals surface area contributed by atoms with Crippen LogP contribution in [0.25, 0.3) is 0 Å². The van der Waals surface area contributed by atoms with Crippen LogP contribution in [0.3, 0.4) is 0 Å². The van der Waals surface area contributed by atoms with Crippen LogP contribution in [0.4, 0.5) is 5.13 Å². The molecule has 96 valence electrons. The van der Waals surface area contributed by atoms with Gasteiger partial charge in [-0.3, -0.25) is 0 Å². The number of nitrogens with zero attached hydrogens (tertiary/aromatic N) is 2. The van der Waals surface area contributed by atoms with Crippen LogP contribution >= 0.6 is 23.1 Å². The summed E-state index contributed by atoms with van der Waals surface area (Å²) in [7, 11) is 1.31. The molecule has 0 bridgehead atoms. The summed E-state index contributed by atoms with van der Waals surface area (Å²) in [5.74, 6) is 0.379. The lowest BCUT2D eigenvalue weighted by molar-refractivity contribution is 0.0563. The molecule has 1 atom stereocenters. The molecule has 18 heavy (non-hydrogen) atoms. The first-order chi connectivity index (χ1) is 8.60. The summed E-state index contributed by atoms with van der Waals surface area (Å²) < 4.78 is 10.7. The van der Waals surface area contributed by atoms with Crippen LogP contribution in [0.2, 0.25) is 0 Å². The van der Waals surface area contributed by atoms with Crippen molar-refractivity contribution in [1.29, 1.82) is 0 Å². The molecule has 1 unspecified atom stereocenters. The zero-order valence-electron chi connectivity index (χ0n) is 9.75. The van der Waals surface area contributed by atoms with Gasteiger partial charge in [0, 0.05) is 0 Å². The van der Waals surface area contributed by atoms with Gasteiger partial charge in [0.1, 0.15) is 5.76 Å². The Hall–Kier alpha value is -1.54. The van der Waals surface area contributed by atoms with Crippen molar-refractivity contribution in [2.45, 2.75) is 16.5 Å². The van der Waals surface area contributed by atoms with Gasteiger partial charge < -0.3 is 14.9 Å². The first-order valence-electron chi connectivity index (χ1n) is 5.04. The number of rotatable bonds is 4. The summed E-state index contributed by atoms with van der Waals surface area (Å²) in [5, 5.41) is 8.08. The van der Waals surface area contributed by atoms with E-state index in [0.29, 0.717) is 10.9 Å². The standard InChI is InChI=1S/C10H11N3O3S2/c1-5(17-10-13-12-9(11)18-10)6-3-4-7(16-6)8(14)15-2/h3-5H,1-2H3,(H2,11,12). The number of carbonyl (C=O) groups excluding carboxylic acids is 1. The number of hydrogen-bond donors (Lipinski definition) is 1. The number of aromatic nitrogens is 2. The lowest BCUT2D eigenvalue weighted by Crippen LogP contribution is -1.98. The number of carbonyl (C=O) groups is 1. The van der Waals surface area contributed by atoms with Crippen LogP contribution in [0.5, 0.6) is 0 Å². The van der Waals surface area contributed by atoms with Gasteiger partial charge in [-0.15, -0.1) is 10.2 Å². The van der Waals surface area contributed by atoms with Crippen LogP contribution < -0.4 is 5.73 Å².